The third kappa shape index (κ3) is 4.21. The fourth-order valence-electron chi connectivity index (χ4n) is 4.30. The average molecular weight is 392 g/mol. The number of amides is 1. The van der Waals surface area contributed by atoms with E-state index < -0.39 is 0 Å². The van der Waals surface area contributed by atoms with Gasteiger partial charge in [0.1, 0.15) is 0 Å². The van der Waals surface area contributed by atoms with E-state index in [-0.39, 0.29) is 11.8 Å². The van der Waals surface area contributed by atoms with E-state index in [2.05, 4.69) is 63.1 Å². The highest BCUT2D eigenvalue weighted by atomic mass is 16.1. The van der Waals surface area contributed by atoms with Crippen molar-refractivity contribution < 1.29 is 4.79 Å². The van der Waals surface area contributed by atoms with E-state index in [0.717, 1.165) is 31.2 Å². The molecule has 2 aromatic rings. The maximum atomic E-state index is 12.0. The molecule has 0 spiro atoms. The van der Waals surface area contributed by atoms with Gasteiger partial charge in [-0.3, -0.25) is 9.79 Å². The van der Waals surface area contributed by atoms with E-state index in [1.165, 1.54) is 16.8 Å². The molecule has 0 saturated heterocycles. The largest absolute Gasteiger partial charge is 0.366 e. The number of benzene rings is 2. The van der Waals surface area contributed by atoms with Gasteiger partial charge in [-0.05, 0) is 36.6 Å². The Morgan fingerprint density at radius 3 is 2.86 bits per heavy atom. The van der Waals surface area contributed by atoms with Gasteiger partial charge in [-0.1, -0.05) is 36.4 Å². The number of aliphatic imine (C=N–C) groups is 1. The van der Waals surface area contributed by atoms with E-state index in [0.29, 0.717) is 19.0 Å². The molecule has 0 saturated carbocycles. The van der Waals surface area contributed by atoms with Gasteiger partial charge in [0.25, 0.3) is 0 Å². The Morgan fingerprint density at radius 2 is 2.00 bits per heavy atom. The Morgan fingerprint density at radius 1 is 1.21 bits per heavy atom. The molecule has 1 amide bonds. The van der Waals surface area contributed by atoms with Crippen molar-refractivity contribution >= 4 is 23.2 Å². The van der Waals surface area contributed by atoms with Crippen LogP contribution in [0.15, 0.2) is 53.5 Å². The molecule has 2 aromatic carbocycles. The quantitative estimate of drug-likeness (QED) is 0.542. The standard InChI is InChI=1S/C23H29N5O/c1-16(28-12-11-17-7-3-6-10-21(17)28)14-25-23(24-2)26-15-18-13-22(29)27-20-9-5-4-8-19(18)20/h3-10,16,18H,11-15H2,1-2H3,(H,27,29)(H2,24,25,26). The van der Waals surface area contributed by atoms with Crippen molar-refractivity contribution in [3.05, 3.63) is 59.7 Å². The second kappa shape index (κ2) is 8.55. The number of hydrogen-bond acceptors (Lipinski definition) is 3. The predicted molar refractivity (Wildman–Crippen MR) is 119 cm³/mol. The predicted octanol–water partition coefficient (Wildman–Crippen LogP) is 2.73. The molecule has 152 valence electrons. The van der Waals surface area contributed by atoms with Crippen molar-refractivity contribution in [3.8, 4) is 0 Å². The fraction of sp³-hybridized carbons (Fsp3) is 0.391. The van der Waals surface area contributed by atoms with Crippen LogP contribution in [0.25, 0.3) is 0 Å². The summed E-state index contributed by atoms with van der Waals surface area (Å²) in [7, 11) is 1.78. The Hall–Kier alpha value is -3.02. The van der Waals surface area contributed by atoms with Crippen LogP contribution >= 0.6 is 0 Å². The van der Waals surface area contributed by atoms with Crippen LogP contribution in [0.3, 0.4) is 0 Å². The lowest BCUT2D eigenvalue weighted by Crippen LogP contribution is -2.46. The van der Waals surface area contributed by atoms with E-state index in [4.69, 9.17) is 0 Å². The maximum absolute atomic E-state index is 12.0. The molecule has 0 radical (unpaired) electrons. The molecule has 2 heterocycles. The third-order valence-corrected chi connectivity index (χ3v) is 5.87. The van der Waals surface area contributed by atoms with Crippen LogP contribution < -0.4 is 20.9 Å². The van der Waals surface area contributed by atoms with Gasteiger partial charge in [-0.25, -0.2) is 0 Å². The van der Waals surface area contributed by atoms with Gasteiger partial charge in [0.15, 0.2) is 5.96 Å². The van der Waals surface area contributed by atoms with E-state index in [1.54, 1.807) is 7.05 Å². The monoisotopic (exact) mass is 391 g/mol. The van der Waals surface area contributed by atoms with E-state index in [1.807, 2.05) is 18.2 Å². The molecule has 2 aliphatic rings. The molecule has 29 heavy (non-hydrogen) atoms. The van der Waals surface area contributed by atoms with Gasteiger partial charge in [-0.15, -0.1) is 0 Å². The molecule has 0 aromatic heterocycles. The summed E-state index contributed by atoms with van der Waals surface area (Å²) in [5.41, 5.74) is 4.86. The van der Waals surface area contributed by atoms with Crippen molar-refractivity contribution in [3.63, 3.8) is 0 Å². The topological polar surface area (TPSA) is 68.8 Å². The molecule has 6 nitrogen and oxygen atoms in total. The second-order valence-electron chi connectivity index (χ2n) is 7.79. The van der Waals surface area contributed by atoms with Gasteiger partial charge in [0.05, 0.1) is 0 Å². The second-order valence-corrected chi connectivity index (χ2v) is 7.79. The summed E-state index contributed by atoms with van der Waals surface area (Å²) in [6, 6.07) is 17.0. The van der Waals surface area contributed by atoms with Crippen molar-refractivity contribution in [2.75, 3.05) is 36.9 Å². The zero-order valence-corrected chi connectivity index (χ0v) is 17.1. The number of fused-ring (bicyclic) bond motifs is 2. The zero-order valence-electron chi connectivity index (χ0n) is 17.1. The highest BCUT2D eigenvalue weighted by Crippen LogP contribution is 2.31. The van der Waals surface area contributed by atoms with Gasteiger partial charge in [-0.2, -0.15) is 0 Å². The number of para-hydroxylation sites is 2. The number of carbonyl (C=O) groups excluding carboxylic acids is 1. The minimum atomic E-state index is 0.0692. The SMILES string of the molecule is CN=C(NCC1CC(=O)Nc2ccccc21)NCC(C)N1CCc2ccccc21. The number of rotatable bonds is 5. The van der Waals surface area contributed by atoms with Crippen molar-refractivity contribution in [2.45, 2.75) is 31.7 Å². The molecule has 0 aliphatic carbocycles. The third-order valence-electron chi connectivity index (χ3n) is 5.87. The van der Waals surface area contributed by atoms with E-state index >= 15 is 0 Å². The molecule has 3 N–H and O–H groups in total. The molecular formula is C23H29N5O. The molecule has 4 rings (SSSR count). The zero-order chi connectivity index (χ0) is 20.2. The van der Waals surface area contributed by atoms with Crippen LogP contribution in [0.1, 0.15) is 30.4 Å². The number of anilines is 2. The van der Waals surface area contributed by atoms with Crippen LogP contribution in [0.4, 0.5) is 11.4 Å². The normalized spacial score (nSPS) is 19.2. The number of nitrogens with zero attached hydrogens (tertiary/aromatic N) is 2. The summed E-state index contributed by atoms with van der Waals surface area (Å²) in [6.07, 6.45) is 1.60. The van der Waals surface area contributed by atoms with Crippen LogP contribution in [-0.2, 0) is 11.2 Å². The molecule has 0 fully saturated rings. The van der Waals surface area contributed by atoms with Crippen LogP contribution in [-0.4, -0.2) is 44.6 Å². The lowest BCUT2D eigenvalue weighted by atomic mass is 9.90. The smallest absolute Gasteiger partial charge is 0.225 e. The van der Waals surface area contributed by atoms with Crippen molar-refractivity contribution in [1.82, 2.24) is 10.6 Å². The summed E-state index contributed by atoms with van der Waals surface area (Å²) in [5, 5.41) is 9.81. The molecule has 6 heteroatoms. The highest BCUT2D eigenvalue weighted by molar-refractivity contribution is 5.94. The Kier molecular flexibility index (Phi) is 5.69. The van der Waals surface area contributed by atoms with E-state index in [9.17, 15) is 4.79 Å². The van der Waals surface area contributed by atoms with Gasteiger partial charge < -0.3 is 20.9 Å². The fourth-order valence-corrected chi connectivity index (χ4v) is 4.30. The Bertz CT molecular complexity index is 910. The first-order valence-corrected chi connectivity index (χ1v) is 10.3. The number of carbonyl (C=O) groups is 1. The summed E-state index contributed by atoms with van der Waals surface area (Å²) in [4.78, 5) is 18.8. The first kappa shape index (κ1) is 19.3. The van der Waals surface area contributed by atoms with Crippen molar-refractivity contribution in [2.24, 2.45) is 4.99 Å². The number of nitrogens with one attached hydrogen (secondary N) is 3. The number of guanidine groups is 1. The molecule has 2 atom stereocenters. The first-order chi connectivity index (χ1) is 14.2. The molecular weight excluding hydrogens is 362 g/mol. The minimum absolute atomic E-state index is 0.0692. The number of hydrogen-bond donors (Lipinski definition) is 3. The summed E-state index contributed by atoms with van der Waals surface area (Å²) in [5.74, 6) is 0.981. The van der Waals surface area contributed by atoms with Gasteiger partial charge >= 0.3 is 0 Å². The summed E-state index contributed by atoms with van der Waals surface area (Å²) in [6.45, 7) is 4.77. The first-order valence-electron chi connectivity index (χ1n) is 10.3. The Balaban J connectivity index is 1.32. The van der Waals surface area contributed by atoms with Crippen LogP contribution in [0.2, 0.25) is 0 Å². The van der Waals surface area contributed by atoms with Crippen LogP contribution in [0.5, 0.6) is 0 Å². The maximum Gasteiger partial charge on any atom is 0.225 e. The highest BCUT2D eigenvalue weighted by Gasteiger charge is 2.25. The minimum Gasteiger partial charge on any atom is -0.366 e. The molecule has 2 unspecified atom stereocenters. The molecule has 2 aliphatic heterocycles. The van der Waals surface area contributed by atoms with Crippen LogP contribution in [0, 0.1) is 0 Å². The lowest BCUT2D eigenvalue weighted by molar-refractivity contribution is -0.116. The van der Waals surface area contributed by atoms with Crippen molar-refractivity contribution in [1.29, 1.82) is 0 Å². The average Bonchev–Trinajstić information content (AvgIpc) is 3.17. The Labute approximate surface area is 172 Å². The van der Waals surface area contributed by atoms with Gasteiger partial charge in [0, 0.05) is 56.4 Å². The summed E-state index contributed by atoms with van der Waals surface area (Å²) < 4.78 is 0. The van der Waals surface area contributed by atoms with Gasteiger partial charge in [0.2, 0.25) is 5.91 Å². The lowest BCUT2D eigenvalue weighted by Gasteiger charge is -2.29. The summed E-state index contributed by atoms with van der Waals surface area (Å²) >= 11 is 0. The molecule has 0 bridgehead atoms.